The third-order valence-corrected chi connectivity index (χ3v) is 10.8. The summed E-state index contributed by atoms with van der Waals surface area (Å²) in [5.41, 5.74) is 2.91. The Morgan fingerprint density at radius 3 is 2.40 bits per heavy atom. The van der Waals surface area contributed by atoms with Crippen LogP contribution in [0.1, 0.15) is 53.8 Å². The van der Waals surface area contributed by atoms with E-state index in [9.17, 15) is 19.2 Å². The van der Waals surface area contributed by atoms with Gasteiger partial charge < -0.3 is 38.3 Å². The number of carbonyl (C=O) groups is 4. The van der Waals surface area contributed by atoms with Crippen LogP contribution in [0.15, 0.2) is 86.6 Å². The molecule has 1 aromatic carbocycles. The Morgan fingerprint density at radius 2 is 1.68 bits per heavy atom. The van der Waals surface area contributed by atoms with E-state index in [1.54, 1.807) is 41.7 Å². The number of nitrogens with zero attached hydrogens (tertiary/aromatic N) is 3. The smallest absolute Gasteiger partial charge is 0.289 e. The average Bonchev–Trinajstić information content (AvgIpc) is 3.99. The van der Waals surface area contributed by atoms with Crippen molar-refractivity contribution in [2.24, 2.45) is 11.8 Å². The highest BCUT2D eigenvalue weighted by molar-refractivity contribution is 5.94. The summed E-state index contributed by atoms with van der Waals surface area (Å²) < 4.78 is 16.4. The minimum atomic E-state index is -0.937. The average molecular weight is 678 g/mol. The lowest BCUT2D eigenvalue weighted by atomic mass is 9.65. The lowest BCUT2D eigenvalue weighted by molar-refractivity contribution is -0.167. The van der Waals surface area contributed by atoms with Crippen molar-refractivity contribution in [1.29, 1.82) is 0 Å². The SMILES string of the molecule is CC[C@]12c3[nH]c4cc(-c5ccco5)ccc4c3CCN1C(=O)[C@@H](CC(=O)NCc1ccco1)C[C@@H]2C(=O)N1CCN(C(=O)c2ccco2)CC1. The van der Waals surface area contributed by atoms with Gasteiger partial charge in [0.05, 0.1) is 36.8 Å². The van der Waals surface area contributed by atoms with Gasteiger partial charge in [-0.3, -0.25) is 19.2 Å². The van der Waals surface area contributed by atoms with Gasteiger partial charge in [0.1, 0.15) is 11.5 Å². The molecule has 2 N–H and O–H groups in total. The van der Waals surface area contributed by atoms with Crippen molar-refractivity contribution < 1.29 is 32.4 Å². The fourth-order valence-electron chi connectivity index (χ4n) is 8.40. The van der Waals surface area contributed by atoms with Crippen LogP contribution in [0, 0.1) is 11.8 Å². The highest BCUT2D eigenvalue weighted by Crippen LogP contribution is 2.52. The molecule has 12 heteroatoms. The van der Waals surface area contributed by atoms with Crippen molar-refractivity contribution in [3.8, 4) is 11.3 Å². The van der Waals surface area contributed by atoms with E-state index in [0.717, 1.165) is 33.5 Å². The monoisotopic (exact) mass is 677 g/mol. The van der Waals surface area contributed by atoms with Crippen LogP contribution in [-0.2, 0) is 32.9 Å². The van der Waals surface area contributed by atoms with Crippen molar-refractivity contribution in [3.05, 3.63) is 96.2 Å². The van der Waals surface area contributed by atoms with E-state index >= 15 is 0 Å². The summed E-state index contributed by atoms with van der Waals surface area (Å²) in [5, 5.41) is 3.94. The van der Waals surface area contributed by atoms with Crippen LogP contribution in [-0.4, -0.2) is 76.0 Å². The zero-order chi connectivity index (χ0) is 34.4. The Hall–Kier alpha value is -5.52. The van der Waals surface area contributed by atoms with Gasteiger partial charge in [0.25, 0.3) is 5.91 Å². The van der Waals surface area contributed by atoms with Gasteiger partial charge in [0, 0.05) is 67.2 Å². The molecular weight excluding hydrogens is 638 g/mol. The molecule has 0 radical (unpaired) electrons. The maximum atomic E-state index is 14.9. The molecule has 3 aliphatic rings. The second-order valence-corrected chi connectivity index (χ2v) is 13.4. The summed E-state index contributed by atoms with van der Waals surface area (Å²) in [6.45, 7) is 4.14. The molecule has 258 valence electrons. The number of piperidine rings is 1. The van der Waals surface area contributed by atoms with Gasteiger partial charge in [-0.15, -0.1) is 0 Å². The molecule has 5 aromatic rings. The first kappa shape index (κ1) is 31.7. The Morgan fingerprint density at radius 1 is 0.920 bits per heavy atom. The number of fused-ring (bicyclic) bond motifs is 5. The summed E-state index contributed by atoms with van der Waals surface area (Å²) in [6, 6.07) is 16.8. The minimum Gasteiger partial charge on any atom is -0.467 e. The fourth-order valence-corrected chi connectivity index (χ4v) is 8.40. The van der Waals surface area contributed by atoms with E-state index in [1.807, 2.05) is 34.9 Å². The summed E-state index contributed by atoms with van der Waals surface area (Å²) in [7, 11) is 0. The molecule has 0 bridgehead atoms. The van der Waals surface area contributed by atoms with Crippen molar-refractivity contribution in [2.45, 2.75) is 44.7 Å². The van der Waals surface area contributed by atoms with Crippen molar-refractivity contribution in [1.82, 2.24) is 25.0 Å². The van der Waals surface area contributed by atoms with Gasteiger partial charge in [-0.25, -0.2) is 0 Å². The van der Waals surface area contributed by atoms with Crippen molar-refractivity contribution in [2.75, 3.05) is 32.7 Å². The van der Waals surface area contributed by atoms with E-state index < -0.39 is 17.4 Å². The van der Waals surface area contributed by atoms with Crippen LogP contribution in [0.4, 0.5) is 0 Å². The number of furan rings is 3. The maximum absolute atomic E-state index is 14.9. The second-order valence-electron chi connectivity index (χ2n) is 13.4. The van der Waals surface area contributed by atoms with Crippen LogP contribution in [0.2, 0.25) is 0 Å². The number of hydrogen-bond acceptors (Lipinski definition) is 7. The van der Waals surface area contributed by atoms with E-state index in [-0.39, 0.29) is 48.8 Å². The van der Waals surface area contributed by atoms with Gasteiger partial charge >= 0.3 is 0 Å². The molecule has 3 atom stereocenters. The molecule has 3 aliphatic heterocycles. The molecule has 0 aliphatic carbocycles. The Labute approximate surface area is 288 Å². The van der Waals surface area contributed by atoms with Crippen LogP contribution in [0.5, 0.6) is 0 Å². The van der Waals surface area contributed by atoms with E-state index in [0.29, 0.717) is 51.3 Å². The van der Waals surface area contributed by atoms with Crippen LogP contribution in [0.25, 0.3) is 22.2 Å². The molecule has 2 fully saturated rings. The van der Waals surface area contributed by atoms with Gasteiger partial charge in [-0.2, -0.15) is 0 Å². The zero-order valence-electron chi connectivity index (χ0n) is 27.9. The fraction of sp³-hybridized carbons (Fsp3) is 0.368. The largest absolute Gasteiger partial charge is 0.467 e. The number of nitrogens with one attached hydrogen (secondary N) is 2. The third-order valence-electron chi connectivity index (χ3n) is 10.8. The van der Waals surface area contributed by atoms with E-state index in [1.165, 1.54) is 6.26 Å². The standard InChI is InChI=1S/C38H39N5O7/c1-2-38-29(36(46)41-13-15-42(16-14-41)37(47)32-8-5-19-50-32)20-25(22-33(44)39-23-26-6-3-17-48-26)35(45)43(38)12-11-28-27-10-9-24(31-7-4-18-49-31)21-30(27)40-34(28)38/h3-10,17-19,21,25,29,40H,2,11-16,20,22-23H2,1H3,(H,39,44)/t25-,29-,38+/m1/s1. The Kier molecular flexibility index (Phi) is 8.08. The summed E-state index contributed by atoms with van der Waals surface area (Å²) in [4.78, 5) is 64.6. The lowest BCUT2D eigenvalue weighted by Gasteiger charge is -2.56. The number of amides is 4. The highest BCUT2D eigenvalue weighted by Gasteiger charge is 2.59. The van der Waals surface area contributed by atoms with Gasteiger partial charge in [0.2, 0.25) is 17.7 Å². The quantitative estimate of drug-likeness (QED) is 0.237. The molecule has 8 rings (SSSR count). The number of piperazine rings is 1. The molecule has 7 heterocycles. The van der Waals surface area contributed by atoms with Crippen LogP contribution < -0.4 is 5.32 Å². The normalized spacial score (nSPS) is 22.0. The van der Waals surface area contributed by atoms with Gasteiger partial charge in [-0.05, 0) is 67.3 Å². The second kappa shape index (κ2) is 12.7. The lowest BCUT2D eigenvalue weighted by Crippen LogP contribution is -2.66. The molecule has 0 spiro atoms. The molecule has 0 saturated carbocycles. The number of aromatic amines is 1. The predicted molar refractivity (Wildman–Crippen MR) is 181 cm³/mol. The molecule has 4 amide bonds. The van der Waals surface area contributed by atoms with Crippen LogP contribution in [0.3, 0.4) is 0 Å². The first-order chi connectivity index (χ1) is 24.4. The van der Waals surface area contributed by atoms with Crippen LogP contribution >= 0.6 is 0 Å². The molecule has 4 aromatic heterocycles. The van der Waals surface area contributed by atoms with E-state index in [2.05, 4.69) is 22.4 Å². The minimum absolute atomic E-state index is 0.0306. The number of H-pyrrole nitrogens is 1. The number of carbonyl (C=O) groups excluding carboxylic acids is 4. The number of aromatic nitrogens is 1. The predicted octanol–water partition coefficient (Wildman–Crippen LogP) is 4.93. The van der Waals surface area contributed by atoms with E-state index in [4.69, 9.17) is 13.3 Å². The number of hydrogen-bond donors (Lipinski definition) is 2. The first-order valence-electron chi connectivity index (χ1n) is 17.3. The third kappa shape index (κ3) is 5.30. The topological polar surface area (TPSA) is 145 Å². The van der Waals surface area contributed by atoms with Gasteiger partial charge in [-0.1, -0.05) is 19.1 Å². The highest BCUT2D eigenvalue weighted by atomic mass is 16.3. The molecular formula is C38H39N5O7. The first-order valence-corrected chi connectivity index (χ1v) is 17.3. The number of rotatable bonds is 8. The summed E-state index contributed by atoms with van der Waals surface area (Å²) in [6.07, 6.45) is 6.00. The Bertz CT molecular complexity index is 2020. The molecule has 50 heavy (non-hydrogen) atoms. The van der Waals surface area contributed by atoms with Gasteiger partial charge in [0.15, 0.2) is 5.76 Å². The van der Waals surface area contributed by atoms with Crippen molar-refractivity contribution in [3.63, 3.8) is 0 Å². The molecule has 2 saturated heterocycles. The zero-order valence-corrected chi connectivity index (χ0v) is 27.9. The molecule has 12 nitrogen and oxygen atoms in total. The summed E-state index contributed by atoms with van der Waals surface area (Å²) in [5.74, 6) is -0.293. The summed E-state index contributed by atoms with van der Waals surface area (Å²) >= 11 is 0. The molecule has 0 unspecified atom stereocenters. The Balaban J connectivity index is 1.12. The van der Waals surface area contributed by atoms with Crippen molar-refractivity contribution >= 4 is 34.5 Å². The maximum Gasteiger partial charge on any atom is 0.289 e. The number of benzene rings is 1.